The van der Waals surface area contributed by atoms with Crippen molar-refractivity contribution in [1.29, 1.82) is 0 Å². The molecule has 0 N–H and O–H groups in total. The molecule has 1 heterocycles. The first-order chi connectivity index (χ1) is 17.8. The van der Waals surface area contributed by atoms with E-state index in [1.807, 2.05) is 0 Å². The van der Waals surface area contributed by atoms with Crippen molar-refractivity contribution >= 4 is 25.5 Å². The topological polar surface area (TPSA) is 124 Å². The zero-order chi connectivity index (χ0) is 26.8. The van der Waals surface area contributed by atoms with E-state index in [2.05, 4.69) is 0 Å². The van der Waals surface area contributed by atoms with Gasteiger partial charge in [-0.05, 0) is 44.5 Å². The molecule has 11 heteroatoms. The summed E-state index contributed by atoms with van der Waals surface area (Å²) < 4.78 is 46.3. The van der Waals surface area contributed by atoms with E-state index in [4.69, 9.17) is 28.0 Å². The van der Waals surface area contributed by atoms with Crippen molar-refractivity contribution in [3.05, 3.63) is 71.8 Å². The number of esters is 3. The number of hydrogen-bond donors (Lipinski definition) is 0. The molecular formula is C26H31O10P. The van der Waals surface area contributed by atoms with Crippen molar-refractivity contribution in [2.24, 2.45) is 0 Å². The monoisotopic (exact) mass is 534 g/mol. The van der Waals surface area contributed by atoms with Crippen LogP contribution in [0.2, 0.25) is 0 Å². The summed E-state index contributed by atoms with van der Waals surface area (Å²) in [6.45, 7) is 4.90. The van der Waals surface area contributed by atoms with Gasteiger partial charge in [-0.1, -0.05) is 36.4 Å². The summed E-state index contributed by atoms with van der Waals surface area (Å²) in [5, 5.41) is 0. The number of benzene rings is 2. The number of ether oxygens (including phenoxy) is 4. The first kappa shape index (κ1) is 28.5. The van der Waals surface area contributed by atoms with Crippen molar-refractivity contribution in [3.8, 4) is 0 Å². The smallest absolute Gasteiger partial charge is 0.338 e. The zero-order valence-corrected chi connectivity index (χ0v) is 21.8. The highest BCUT2D eigenvalue weighted by Crippen LogP contribution is 2.49. The minimum Gasteiger partial charge on any atom is -0.452 e. The maximum atomic E-state index is 13.0. The molecule has 2 aromatic rings. The third-order valence-electron chi connectivity index (χ3n) is 5.39. The number of hydrogen-bond acceptors (Lipinski definition) is 10. The fourth-order valence-corrected chi connectivity index (χ4v) is 5.52. The summed E-state index contributed by atoms with van der Waals surface area (Å²) in [6, 6.07) is 16.4. The van der Waals surface area contributed by atoms with Crippen LogP contribution in [0.15, 0.2) is 60.7 Å². The zero-order valence-electron chi connectivity index (χ0n) is 20.9. The van der Waals surface area contributed by atoms with E-state index in [0.717, 1.165) is 0 Å². The average Bonchev–Trinajstić information content (AvgIpc) is 3.19. The Morgan fingerprint density at radius 2 is 1.27 bits per heavy atom. The minimum atomic E-state index is -3.47. The van der Waals surface area contributed by atoms with E-state index in [9.17, 15) is 18.9 Å². The van der Waals surface area contributed by atoms with Crippen LogP contribution >= 0.6 is 7.60 Å². The molecule has 2 aromatic carbocycles. The molecule has 0 aromatic heterocycles. The molecule has 200 valence electrons. The summed E-state index contributed by atoms with van der Waals surface area (Å²) in [6.07, 6.45) is -4.79. The molecule has 0 bridgehead atoms. The Bertz CT molecular complexity index is 1080. The van der Waals surface area contributed by atoms with Gasteiger partial charge in [0.1, 0.15) is 6.10 Å². The van der Waals surface area contributed by atoms with E-state index in [1.54, 1.807) is 74.5 Å². The third kappa shape index (κ3) is 7.97. The molecular weight excluding hydrogens is 503 g/mol. The standard InChI is InChI=1S/C26H31O10P/c1-4-31-37(30,32-5-2)17-16-21-22(35-24(28)19-12-8-6-9-13-19)23(26(34-21)33-18(3)27)36-25(29)20-14-10-7-11-15-20/h6-15,21-23,26H,4-5,16-17H2,1-3H3/t21-,22-,23-,26?/m1/s1. The van der Waals surface area contributed by atoms with E-state index in [1.165, 1.54) is 6.92 Å². The van der Waals surface area contributed by atoms with Gasteiger partial charge in [0.25, 0.3) is 0 Å². The minimum absolute atomic E-state index is 0.0428. The molecule has 3 rings (SSSR count). The van der Waals surface area contributed by atoms with Crippen molar-refractivity contribution < 1.29 is 46.9 Å². The van der Waals surface area contributed by atoms with Crippen LogP contribution in [0.25, 0.3) is 0 Å². The van der Waals surface area contributed by atoms with Crippen LogP contribution in [0.5, 0.6) is 0 Å². The largest absolute Gasteiger partial charge is 0.452 e. The van der Waals surface area contributed by atoms with Gasteiger partial charge in [-0.2, -0.15) is 0 Å². The van der Waals surface area contributed by atoms with Gasteiger partial charge in [0.15, 0.2) is 6.10 Å². The molecule has 37 heavy (non-hydrogen) atoms. The third-order valence-corrected chi connectivity index (χ3v) is 7.50. The van der Waals surface area contributed by atoms with Gasteiger partial charge >= 0.3 is 25.5 Å². The van der Waals surface area contributed by atoms with E-state index in [-0.39, 0.29) is 36.9 Å². The summed E-state index contributed by atoms with van der Waals surface area (Å²) >= 11 is 0. The Labute approximate surface area is 215 Å². The van der Waals surface area contributed by atoms with Crippen LogP contribution in [0, 0.1) is 0 Å². The molecule has 0 amide bonds. The lowest BCUT2D eigenvalue weighted by Gasteiger charge is -2.24. The van der Waals surface area contributed by atoms with Gasteiger partial charge in [0, 0.05) is 6.92 Å². The predicted molar refractivity (Wildman–Crippen MR) is 132 cm³/mol. The Hall–Kier alpha value is -3.04. The number of carbonyl (C=O) groups is 3. The molecule has 4 atom stereocenters. The molecule has 0 radical (unpaired) electrons. The lowest BCUT2D eigenvalue weighted by Crippen LogP contribution is -2.41. The summed E-state index contributed by atoms with van der Waals surface area (Å²) in [5.41, 5.74) is 0.512. The van der Waals surface area contributed by atoms with Crippen molar-refractivity contribution in [3.63, 3.8) is 0 Å². The van der Waals surface area contributed by atoms with Crippen LogP contribution in [0.4, 0.5) is 0 Å². The van der Waals surface area contributed by atoms with Gasteiger partial charge in [-0.25, -0.2) is 9.59 Å². The Balaban J connectivity index is 1.89. The van der Waals surface area contributed by atoms with Crippen molar-refractivity contribution in [1.82, 2.24) is 0 Å². The highest BCUT2D eigenvalue weighted by molar-refractivity contribution is 7.53. The molecule has 1 fully saturated rings. The highest BCUT2D eigenvalue weighted by Gasteiger charge is 2.52. The van der Waals surface area contributed by atoms with Gasteiger partial charge in [-0.15, -0.1) is 0 Å². The lowest BCUT2D eigenvalue weighted by molar-refractivity contribution is -0.186. The van der Waals surface area contributed by atoms with Crippen LogP contribution in [0.3, 0.4) is 0 Å². The maximum Gasteiger partial charge on any atom is 0.338 e. The SMILES string of the molecule is CCOP(=O)(CC[C@H]1OC(OC(C)=O)[C@H](OC(=O)c2ccccc2)[C@@H]1OC(=O)c1ccccc1)OCC. The van der Waals surface area contributed by atoms with Gasteiger partial charge < -0.3 is 28.0 Å². The van der Waals surface area contributed by atoms with Crippen LogP contribution in [-0.2, 0) is 37.4 Å². The second-order valence-electron chi connectivity index (χ2n) is 8.08. The molecule has 1 aliphatic heterocycles. The average molecular weight is 534 g/mol. The second kappa shape index (κ2) is 13.5. The van der Waals surface area contributed by atoms with Gasteiger partial charge in [0.05, 0.1) is 30.5 Å². The maximum absolute atomic E-state index is 13.0. The van der Waals surface area contributed by atoms with Gasteiger partial charge in [-0.3, -0.25) is 9.36 Å². The lowest BCUT2D eigenvalue weighted by atomic mass is 10.1. The van der Waals surface area contributed by atoms with Crippen LogP contribution in [-0.4, -0.2) is 61.9 Å². The van der Waals surface area contributed by atoms with Crippen molar-refractivity contribution in [2.45, 2.75) is 51.8 Å². The normalized spacial score (nSPS) is 21.3. The number of carbonyl (C=O) groups excluding carboxylic acids is 3. The Morgan fingerprint density at radius 1 is 0.784 bits per heavy atom. The van der Waals surface area contributed by atoms with Crippen LogP contribution < -0.4 is 0 Å². The molecule has 0 spiro atoms. The van der Waals surface area contributed by atoms with E-state index >= 15 is 0 Å². The number of rotatable bonds is 12. The summed E-state index contributed by atoms with van der Waals surface area (Å²) in [7, 11) is -3.47. The molecule has 0 saturated carbocycles. The second-order valence-corrected chi connectivity index (χ2v) is 10.3. The van der Waals surface area contributed by atoms with Crippen molar-refractivity contribution in [2.75, 3.05) is 19.4 Å². The van der Waals surface area contributed by atoms with E-state index < -0.39 is 50.1 Å². The summed E-state index contributed by atoms with van der Waals surface area (Å²) in [4.78, 5) is 37.6. The predicted octanol–water partition coefficient (Wildman–Crippen LogP) is 4.38. The fourth-order valence-electron chi connectivity index (χ4n) is 3.83. The quantitative estimate of drug-likeness (QED) is 0.220. The van der Waals surface area contributed by atoms with Crippen LogP contribution in [0.1, 0.15) is 47.9 Å². The highest BCUT2D eigenvalue weighted by atomic mass is 31.2. The van der Waals surface area contributed by atoms with Gasteiger partial charge in [0.2, 0.25) is 12.4 Å². The molecule has 0 aliphatic carbocycles. The molecule has 1 aliphatic rings. The Kier molecular flexibility index (Phi) is 10.4. The first-order valence-electron chi connectivity index (χ1n) is 12.0. The molecule has 10 nitrogen and oxygen atoms in total. The Morgan fingerprint density at radius 3 is 1.73 bits per heavy atom. The summed E-state index contributed by atoms with van der Waals surface area (Å²) in [5.74, 6) is -2.10. The first-order valence-corrected chi connectivity index (χ1v) is 13.7. The molecule has 1 unspecified atom stereocenters. The fraction of sp³-hybridized carbons (Fsp3) is 0.423. The molecule has 1 saturated heterocycles. The van der Waals surface area contributed by atoms with E-state index in [0.29, 0.717) is 0 Å².